The van der Waals surface area contributed by atoms with E-state index >= 15 is 0 Å². The first-order chi connectivity index (χ1) is 11.3. The monoisotopic (exact) mass is 327 g/mol. The lowest BCUT2D eigenvalue weighted by Gasteiger charge is -2.47. The lowest BCUT2D eigenvalue weighted by Crippen LogP contribution is -2.58. The van der Waals surface area contributed by atoms with E-state index in [-0.39, 0.29) is 0 Å². The zero-order valence-electron chi connectivity index (χ0n) is 13.1. The predicted molar refractivity (Wildman–Crippen MR) is 92.1 cm³/mol. The van der Waals surface area contributed by atoms with Crippen LogP contribution in [0.2, 0.25) is 0 Å². The summed E-state index contributed by atoms with van der Waals surface area (Å²) in [7, 11) is 0. The third-order valence-corrected chi connectivity index (χ3v) is 6.11. The van der Waals surface area contributed by atoms with Crippen molar-refractivity contribution in [3.8, 4) is 0 Å². The zero-order chi connectivity index (χ0) is 15.5. The molecular weight excluding hydrogens is 306 g/mol. The summed E-state index contributed by atoms with van der Waals surface area (Å²) in [5.74, 6) is 1.11. The number of thioether (sulfide) groups is 1. The van der Waals surface area contributed by atoms with Crippen LogP contribution < -0.4 is 0 Å². The highest BCUT2D eigenvalue weighted by Gasteiger charge is 2.49. The van der Waals surface area contributed by atoms with E-state index < -0.39 is 0 Å². The molecule has 0 aliphatic carbocycles. The number of nitrogens with zero attached hydrogens (tertiary/aromatic N) is 3. The van der Waals surface area contributed by atoms with Gasteiger partial charge in [-0.2, -0.15) is 0 Å². The average molecular weight is 327 g/mol. The van der Waals surface area contributed by atoms with Gasteiger partial charge in [-0.15, -0.1) is 11.8 Å². The van der Waals surface area contributed by atoms with Crippen LogP contribution in [0.1, 0.15) is 17.5 Å². The summed E-state index contributed by atoms with van der Waals surface area (Å²) in [6.07, 6.45) is 9.03. The molecule has 2 aliphatic heterocycles. The van der Waals surface area contributed by atoms with Gasteiger partial charge in [-0.3, -0.25) is 14.9 Å². The van der Waals surface area contributed by atoms with Crippen LogP contribution in [0, 0.1) is 0 Å². The van der Waals surface area contributed by atoms with E-state index in [0.29, 0.717) is 17.5 Å². The summed E-state index contributed by atoms with van der Waals surface area (Å²) >= 11 is 2.09. The Morgan fingerprint density at radius 1 is 1.13 bits per heavy atom. The lowest BCUT2D eigenvalue weighted by molar-refractivity contribution is 0.0263. The van der Waals surface area contributed by atoms with Gasteiger partial charge >= 0.3 is 0 Å². The van der Waals surface area contributed by atoms with Crippen molar-refractivity contribution >= 4 is 11.8 Å². The maximum atomic E-state index is 6.08. The Bertz CT molecular complexity index is 631. The Morgan fingerprint density at radius 2 is 1.87 bits per heavy atom. The first-order valence-corrected chi connectivity index (χ1v) is 9.06. The van der Waals surface area contributed by atoms with Crippen molar-refractivity contribution in [1.82, 2.24) is 14.9 Å². The van der Waals surface area contributed by atoms with Crippen LogP contribution in [0.25, 0.3) is 0 Å². The van der Waals surface area contributed by atoms with Crippen molar-refractivity contribution in [2.45, 2.75) is 30.4 Å². The van der Waals surface area contributed by atoms with Gasteiger partial charge in [0.2, 0.25) is 0 Å². The molecule has 0 amide bonds. The second kappa shape index (κ2) is 6.59. The molecule has 2 fully saturated rings. The molecule has 4 nitrogen and oxygen atoms in total. The molecule has 2 saturated heterocycles. The second-order valence-electron chi connectivity index (χ2n) is 6.50. The molecule has 23 heavy (non-hydrogen) atoms. The minimum atomic E-state index is 0.376. The summed E-state index contributed by atoms with van der Waals surface area (Å²) in [5, 5.41) is 0. The Labute approximate surface area is 141 Å². The number of ether oxygens (including phenoxy) is 1. The first kappa shape index (κ1) is 15.1. The fourth-order valence-corrected chi connectivity index (χ4v) is 5.06. The van der Waals surface area contributed by atoms with Crippen LogP contribution in [-0.4, -0.2) is 44.6 Å². The van der Waals surface area contributed by atoms with Gasteiger partial charge in [-0.1, -0.05) is 12.1 Å². The quantitative estimate of drug-likeness (QED) is 0.844. The Morgan fingerprint density at radius 3 is 2.57 bits per heavy atom. The van der Waals surface area contributed by atoms with Crippen molar-refractivity contribution in [2.24, 2.45) is 0 Å². The van der Waals surface area contributed by atoms with Gasteiger partial charge in [0.25, 0.3) is 0 Å². The van der Waals surface area contributed by atoms with Gasteiger partial charge in [0.05, 0.1) is 12.7 Å². The van der Waals surface area contributed by atoms with E-state index in [1.165, 1.54) is 25.1 Å². The van der Waals surface area contributed by atoms with E-state index in [1.807, 2.05) is 30.7 Å². The van der Waals surface area contributed by atoms with Crippen molar-refractivity contribution < 1.29 is 4.74 Å². The summed E-state index contributed by atoms with van der Waals surface area (Å²) in [6.45, 7) is 4.02. The molecule has 0 aromatic carbocycles. The van der Waals surface area contributed by atoms with Crippen LogP contribution >= 0.6 is 11.8 Å². The van der Waals surface area contributed by atoms with Gasteiger partial charge in [0.1, 0.15) is 0 Å². The summed E-state index contributed by atoms with van der Waals surface area (Å²) in [6, 6.07) is 8.20. The Hall–Kier alpha value is -1.43. The molecule has 4 heterocycles. The number of rotatable bonds is 5. The molecule has 2 aromatic rings. The predicted octanol–water partition coefficient (Wildman–Crippen LogP) is 2.75. The largest absolute Gasteiger partial charge is 0.373 e. The molecular formula is C18H21N3OS. The van der Waals surface area contributed by atoms with Gasteiger partial charge < -0.3 is 4.74 Å². The molecule has 2 aliphatic rings. The molecule has 2 aromatic heterocycles. The van der Waals surface area contributed by atoms with Crippen LogP contribution in [0.4, 0.5) is 0 Å². The SMILES string of the molecule is c1cncc(CO[C@H]2CSC3(C2)CN(Cc2cccnc2)C3)c1. The van der Waals surface area contributed by atoms with Crippen molar-refractivity contribution in [3.63, 3.8) is 0 Å². The third kappa shape index (κ3) is 3.57. The highest BCUT2D eigenvalue weighted by molar-refractivity contribution is 8.01. The van der Waals surface area contributed by atoms with Crippen LogP contribution in [0.15, 0.2) is 49.1 Å². The fraction of sp³-hybridized carbons (Fsp3) is 0.444. The topological polar surface area (TPSA) is 38.2 Å². The molecule has 0 N–H and O–H groups in total. The number of likely N-dealkylation sites (tertiary alicyclic amines) is 1. The minimum Gasteiger partial charge on any atom is -0.373 e. The van der Waals surface area contributed by atoms with E-state index in [0.717, 1.165) is 17.9 Å². The van der Waals surface area contributed by atoms with Crippen molar-refractivity contribution in [1.29, 1.82) is 0 Å². The molecule has 1 atom stereocenters. The smallest absolute Gasteiger partial charge is 0.0736 e. The normalized spacial score (nSPS) is 23.0. The summed E-state index contributed by atoms with van der Waals surface area (Å²) in [5.41, 5.74) is 2.46. The molecule has 5 heteroatoms. The van der Waals surface area contributed by atoms with Gasteiger partial charge in [-0.25, -0.2) is 0 Å². The molecule has 0 saturated carbocycles. The fourth-order valence-electron chi connectivity index (χ4n) is 3.46. The lowest BCUT2D eigenvalue weighted by atomic mass is 9.92. The Balaban J connectivity index is 1.24. The van der Waals surface area contributed by atoms with Crippen LogP contribution in [0.5, 0.6) is 0 Å². The second-order valence-corrected chi connectivity index (χ2v) is 7.99. The molecule has 0 unspecified atom stereocenters. The van der Waals surface area contributed by atoms with E-state index in [4.69, 9.17) is 4.74 Å². The average Bonchev–Trinajstić information content (AvgIpc) is 2.99. The van der Waals surface area contributed by atoms with Crippen LogP contribution in [-0.2, 0) is 17.9 Å². The first-order valence-electron chi connectivity index (χ1n) is 8.07. The maximum Gasteiger partial charge on any atom is 0.0736 e. The van der Waals surface area contributed by atoms with Gasteiger partial charge in [0, 0.05) is 54.9 Å². The zero-order valence-corrected chi connectivity index (χ0v) is 13.9. The van der Waals surface area contributed by atoms with Crippen LogP contribution in [0.3, 0.4) is 0 Å². The van der Waals surface area contributed by atoms with Gasteiger partial charge in [-0.05, 0) is 29.7 Å². The molecule has 1 spiro atoms. The number of pyridine rings is 2. The molecule has 4 rings (SSSR count). The summed E-state index contributed by atoms with van der Waals surface area (Å²) in [4.78, 5) is 10.8. The highest BCUT2D eigenvalue weighted by Crippen LogP contribution is 2.46. The minimum absolute atomic E-state index is 0.376. The van der Waals surface area contributed by atoms with E-state index in [9.17, 15) is 0 Å². The number of aromatic nitrogens is 2. The van der Waals surface area contributed by atoms with Crippen molar-refractivity contribution in [3.05, 3.63) is 60.2 Å². The third-order valence-electron chi connectivity index (χ3n) is 4.54. The number of hydrogen-bond donors (Lipinski definition) is 0. The highest BCUT2D eigenvalue weighted by atomic mass is 32.2. The Kier molecular flexibility index (Phi) is 4.33. The molecule has 0 radical (unpaired) electrons. The van der Waals surface area contributed by atoms with E-state index in [2.05, 4.69) is 38.8 Å². The van der Waals surface area contributed by atoms with Gasteiger partial charge in [0.15, 0.2) is 0 Å². The molecule has 0 bridgehead atoms. The maximum absolute atomic E-state index is 6.08. The standard InChI is InChI=1S/C18H21N3OS/c1-3-15(8-19-5-1)10-21-13-18(14-21)7-17(12-23-18)22-11-16-4-2-6-20-9-16/h1-6,8-9,17H,7,10-14H2/t17-/m1/s1. The number of hydrogen-bond acceptors (Lipinski definition) is 5. The summed E-state index contributed by atoms with van der Waals surface area (Å²) < 4.78 is 6.50. The van der Waals surface area contributed by atoms with E-state index in [1.54, 1.807) is 6.20 Å². The molecule has 120 valence electrons. The van der Waals surface area contributed by atoms with Crippen molar-refractivity contribution in [2.75, 3.05) is 18.8 Å².